The molecule has 13 nitrogen and oxygen atoms in total. The number of nitrogen functional groups attached to an aromatic ring is 1. The van der Waals surface area contributed by atoms with Crippen molar-refractivity contribution in [3.8, 4) is 11.5 Å². The summed E-state index contributed by atoms with van der Waals surface area (Å²) >= 11 is 0. The second-order valence-corrected chi connectivity index (χ2v) is 6.95. The summed E-state index contributed by atoms with van der Waals surface area (Å²) in [6.07, 6.45) is -1.96. The number of benzene rings is 1. The normalized spacial score (nSPS) is 23.2. The van der Waals surface area contributed by atoms with E-state index < -0.39 is 31.1 Å². The predicted octanol–water partition coefficient (Wildman–Crippen LogP) is -0.517. The molecule has 0 radical (unpaired) electrons. The van der Waals surface area contributed by atoms with E-state index in [1.807, 2.05) is 0 Å². The molecule has 3 aromatic rings. The van der Waals surface area contributed by atoms with Gasteiger partial charge in [-0.25, -0.2) is 20.4 Å². The van der Waals surface area contributed by atoms with Crippen molar-refractivity contribution in [3.05, 3.63) is 30.1 Å². The predicted molar refractivity (Wildman–Crippen MR) is 114 cm³/mol. The number of fused-ring (bicyclic) bond motifs is 1. The van der Waals surface area contributed by atoms with Gasteiger partial charge < -0.3 is 35.3 Å². The number of nitrogens with one attached hydrogen (secondary N) is 1. The maximum Gasteiger partial charge on any atom is 0.228 e. The van der Waals surface area contributed by atoms with Crippen molar-refractivity contribution in [2.45, 2.75) is 24.5 Å². The number of rotatable bonds is 7. The van der Waals surface area contributed by atoms with Crippen LogP contribution < -0.4 is 20.6 Å². The number of aromatic nitrogens is 4. The number of imidazole rings is 1. The number of anilines is 2. The van der Waals surface area contributed by atoms with Crippen LogP contribution in [0.3, 0.4) is 0 Å². The highest BCUT2D eigenvalue weighted by atomic mass is 16.6. The maximum absolute atomic E-state index is 10.5. The zero-order chi connectivity index (χ0) is 22.8. The van der Waals surface area contributed by atoms with Gasteiger partial charge in [-0.1, -0.05) is 0 Å². The zero-order valence-corrected chi connectivity index (χ0v) is 17.3. The molecule has 2 aromatic heterocycles. The Bertz CT molecular complexity index is 1140. The summed E-state index contributed by atoms with van der Waals surface area (Å²) in [4.78, 5) is 12.5. The molecule has 32 heavy (non-hydrogen) atoms. The van der Waals surface area contributed by atoms with Gasteiger partial charge in [-0.05, 0) is 23.8 Å². The third-order valence-electron chi connectivity index (χ3n) is 5.06. The number of aliphatic hydroxyl groups excluding tert-OH is 3. The molecule has 0 amide bonds. The number of nitrogens with two attached hydrogens (primary N) is 1. The van der Waals surface area contributed by atoms with Crippen molar-refractivity contribution in [1.82, 2.24) is 19.5 Å². The van der Waals surface area contributed by atoms with Gasteiger partial charge in [-0.15, -0.1) is 0 Å². The molecule has 6 N–H and O–H groups in total. The van der Waals surface area contributed by atoms with Crippen molar-refractivity contribution >= 4 is 29.1 Å². The van der Waals surface area contributed by atoms with E-state index >= 15 is 0 Å². The summed E-state index contributed by atoms with van der Waals surface area (Å²) in [7, 11) is 3.08. The van der Waals surface area contributed by atoms with Gasteiger partial charge in [0, 0.05) is 0 Å². The number of ether oxygens (including phenoxy) is 3. The Hall–Kier alpha value is -3.52. The smallest absolute Gasteiger partial charge is 0.228 e. The zero-order valence-electron chi connectivity index (χ0n) is 17.3. The van der Waals surface area contributed by atoms with Gasteiger partial charge in [0.25, 0.3) is 0 Å². The molecular formula is C19H23N7O6. The van der Waals surface area contributed by atoms with E-state index in [1.54, 1.807) is 25.3 Å². The standard InChI is InChI=1S/C19H23N7O6/c1-30-10-4-3-9(5-11(10)31-2)6-23-25-19-24-13-16(20)21-8-22-17(13)26(19)18-15(29)14(28)12(7-27)32-18/h3-6,8,12,14-15,18,27-29H,7H2,1-2H3,(H,24,25)(H2,20,21,22)/b23-6-/t12-,14+,15+,18+/m0/s1. The van der Waals surface area contributed by atoms with Gasteiger partial charge in [0.2, 0.25) is 5.95 Å². The molecule has 4 atom stereocenters. The number of hydrazone groups is 1. The van der Waals surface area contributed by atoms with Gasteiger partial charge in [0.1, 0.15) is 24.6 Å². The second-order valence-electron chi connectivity index (χ2n) is 6.95. The van der Waals surface area contributed by atoms with E-state index in [1.165, 1.54) is 24.2 Å². The van der Waals surface area contributed by atoms with E-state index in [0.717, 1.165) is 0 Å². The van der Waals surface area contributed by atoms with Crippen LogP contribution in [0, 0.1) is 0 Å². The number of hydrogen-bond acceptors (Lipinski definition) is 12. The van der Waals surface area contributed by atoms with Gasteiger partial charge in [0.05, 0.1) is 27.0 Å². The van der Waals surface area contributed by atoms with Crippen LogP contribution in [-0.4, -0.2) is 80.2 Å². The Balaban J connectivity index is 1.68. The fourth-order valence-electron chi connectivity index (χ4n) is 3.44. The van der Waals surface area contributed by atoms with Gasteiger partial charge in [0.15, 0.2) is 34.7 Å². The average molecular weight is 445 g/mol. The first-order valence-corrected chi connectivity index (χ1v) is 9.60. The third kappa shape index (κ3) is 3.78. The van der Waals surface area contributed by atoms with E-state index in [0.29, 0.717) is 17.1 Å². The molecule has 0 aliphatic carbocycles. The molecular weight excluding hydrogens is 422 g/mol. The fourth-order valence-corrected chi connectivity index (χ4v) is 3.44. The molecule has 1 aliphatic rings. The van der Waals surface area contributed by atoms with E-state index in [4.69, 9.17) is 19.9 Å². The molecule has 0 unspecified atom stereocenters. The van der Waals surface area contributed by atoms with E-state index in [-0.39, 0.29) is 22.9 Å². The summed E-state index contributed by atoms with van der Waals surface area (Å²) in [6.45, 7) is -0.474. The van der Waals surface area contributed by atoms with Gasteiger partial charge in [-0.3, -0.25) is 4.57 Å². The van der Waals surface area contributed by atoms with Crippen LogP contribution in [0.5, 0.6) is 11.5 Å². The number of aliphatic hydroxyl groups is 3. The quantitative estimate of drug-likeness (QED) is 0.233. The molecule has 1 saturated heterocycles. The molecule has 0 bridgehead atoms. The van der Waals surface area contributed by atoms with Crippen molar-refractivity contribution in [3.63, 3.8) is 0 Å². The highest BCUT2D eigenvalue weighted by Gasteiger charge is 2.45. The largest absolute Gasteiger partial charge is 0.493 e. The van der Waals surface area contributed by atoms with E-state index in [9.17, 15) is 15.3 Å². The molecule has 3 heterocycles. The number of hydrogen-bond donors (Lipinski definition) is 5. The lowest BCUT2D eigenvalue weighted by atomic mass is 10.1. The molecule has 170 valence electrons. The summed E-state index contributed by atoms with van der Waals surface area (Å²) in [5.74, 6) is 1.38. The first-order chi connectivity index (χ1) is 15.5. The SMILES string of the molecule is COc1ccc(/C=N\Nc2nc3c(N)ncnc3n2[C@@H]2O[C@@H](CO)[C@@H](O)[C@H]2O)cc1OC. The van der Waals surface area contributed by atoms with Crippen molar-refractivity contribution in [1.29, 1.82) is 0 Å². The Kier molecular flexibility index (Phi) is 6.05. The highest BCUT2D eigenvalue weighted by Crippen LogP contribution is 2.35. The first kappa shape index (κ1) is 21.7. The lowest BCUT2D eigenvalue weighted by molar-refractivity contribution is -0.0501. The fraction of sp³-hybridized carbons (Fsp3) is 0.368. The molecule has 0 spiro atoms. The Morgan fingerprint density at radius 3 is 2.69 bits per heavy atom. The summed E-state index contributed by atoms with van der Waals surface area (Å²) in [5, 5.41) is 34.3. The first-order valence-electron chi connectivity index (χ1n) is 9.60. The molecule has 1 aromatic carbocycles. The Labute approximate surface area is 182 Å². The molecule has 4 rings (SSSR count). The van der Waals surface area contributed by atoms with Crippen molar-refractivity contribution in [2.24, 2.45) is 5.10 Å². The van der Waals surface area contributed by atoms with Crippen LogP contribution >= 0.6 is 0 Å². The minimum absolute atomic E-state index is 0.118. The molecule has 1 aliphatic heterocycles. The number of methoxy groups -OCH3 is 2. The molecule has 0 saturated carbocycles. The Morgan fingerprint density at radius 2 is 2.00 bits per heavy atom. The van der Waals surface area contributed by atoms with Crippen molar-refractivity contribution < 1.29 is 29.5 Å². The minimum atomic E-state index is -1.35. The second kappa shape index (κ2) is 8.92. The van der Waals surface area contributed by atoms with Crippen LogP contribution in [0.25, 0.3) is 11.2 Å². The monoisotopic (exact) mass is 445 g/mol. The van der Waals surface area contributed by atoms with Gasteiger partial charge >= 0.3 is 0 Å². The summed E-state index contributed by atoms with van der Waals surface area (Å²) in [5.41, 5.74) is 9.93. The van der Waals surface area contributed by atoms with Crippen LogP contribution in [-0.2, 0) is 4.74 Å². The maximum atomic E-state index is 10.5. The number of nitrogens with zero attached hydrogens (tertiary/aromatic N) is 5. The lowest BCUT2D eigenvalue weighted by Crippen LogP contribution is -2.33. The van der Waals surface area contributed by atoms with Crippen LogP contribution in [0.15, 0.2) is 29.6 Å². The third-order valence-corrected chi connectivity index (χ3v) is 5.06. The molecule has 1 fully saturated rings. The minimum Gasteiger partial charge on any atom is -0.493 e. The van der Waals surface area contributed by atoms with Crippen LogP contribution in [0.2, 0.25) is 0 Å². The molecule has 13 heteroatoms. The van der Waals surface area contributed by atoms with Crippen LogP contribution in [0.1, 0.15) is 11.8 Å². The summed E-state index contributed by atoms with van der Waals surface area (Å²) in [6, 6.07) is 5.26. The van der Waals surface area contributed by atoms with E-state index in [2.05, 4.69) is 25.5 Å². The highest BCUT2D eigenvalue weighted by molar-refractivity contribution is 5.85. The topological polar surface area (TPSA) is 182 Å². The summed E-state index contributed by atoms with van der Waals surface area (Å²) < 4.78 is 17.5. The van der Waals surface area contributed by atoms with Crippen LogP contribution in [0.4, 0.5) is 11.8 Å². The van der Waals surface area contributed by atoms with Gasteiger partial charge in [-0.2, -0.15) is 5.10 Å². The van der Waals surface area contributed by atoms with Crippen molar-refractivity contribution in [2.75, 3.05) is 32.0 Å². The average Bonchev–Trinajstić information content (AvgIpc) is 3.31. The lowest BCUT2D eigenvalue weighted by Gasteiger charge is -2.18. The Morgan fingerprint density at radius 1 is 1.22 bits per heavy atom.